The Morgan fingerprint density at radius 2 is 1.76 bits per heavy atom. The summed E-state index contributed by atoms with van der Waals surface area (Å²) < 4.78 is 5.47. The molecule has 0 spiro atoms. The Bertz CT molecular complexity index is 372. The Kier molecular flexibility index (Phi) is 3.17. The van der Waals surface area contributed by atoms with Crippen molar-refractivity contribution < 1.29 is 4.74 Å². The second kappa shape index (κ2) is 4.34. The molecule has 0 heterocycles. The largest absolute Gasteiger partial charge is 0.494 e. The van der Waals surface area contributed by atoms with Gasteiger partial charge in [-0.3, -0.25) is 0 Å². The first-order chi connectivity index (χ1) is 8.01. The van der Waals surface area contributed by atoms with Crippen molar-refractivity contribution in [3.05, 3.63) is 29.8 Å². The summed E-state index contributed by atoms with van der Waals surface area (Å²) >= 11 is 0. The van der Waals surface area contributed by atoms with Crippen LogP contribution in [0.25, 0.3) is 0 Å². The molecule has 0 amide bonds. The third-order valence-corrected chi connectivity index (χ3v) is 3.80. The molecular weight excluding hydrogens is 210 g/mol. The van der Waals surface area contributed by atoms with Crippen molar-refractivity contribution >= 4 is 0 Å². The summed E-state index contributed by atoms with van der Waals surface area (Å²) in [5, 5.41) is 0. The van der Waals surface area contributed by atoms with E-state index in [1.54, 1.807) is 0 Å². The van der Waals surface area contributed by atoms with E-state index in [2.05, 4.69) is 38.1 Å². The van der Waals surface area contributed by atoms with Gasteiger partial charge in [-0.2, -0.15) is 0 Å². The predicted molar refractivity (Wildman–Crippen MR) is 71.4 cm³/mol. The van der Waals surface area contributed by atoms with Crippen LogP contribution < -0.4 is 10.5 Å². The first kappa shape index (κ1) is 12.4. The Labute approximate surface area is 104 Å². The summed E-state index contributed by atoms with van der Waals surface area (Å²) in [6.45, 7) is 8.09. The molecule has 0 radical (unpaired) electrons. The summed E-state index contributed by atoms with van der Waals surface area (Å²) in [6, 6.07) is 8.46. The fourth-order valence-electron chi connectivity index (χ4n) is 3.32. The number of hydrogen-bond acceptors (Lipinski definition) is 2. The Morgan fingerprint density at radius 3 is 2.18 bits per heavy atom. The molecule has 1 aromatic carbocycles. The van der Waals surface area contributed by atoms with E-state index >= 15 is 0 Å². The Morgan fingerprint density at radius 1 is 1.18 bits per heavy atom. The second-order valence-corrected chi connectivity index (χ2v) is 5.96. The molecule has 1 saturated carbocycles. The van der Waals surface area contributed by atoms with Crippen LogP contribution in [0.15, 0.2) is 24.3 Å². The van der Waals surface area contributed by atoms with Crippen molar-refractivity contribution in [3.8, 4) is 5.75 Å². The molecule has 2 nitrogen and oxygen atoms in total. The van der Waals surface area contributed by atoms with Crippen LogP contribution in [-0.2, 0) is 5.41 Å². The normalized spacial score (nSPS) is 20.7. The SMILES string of the molecule is CCOc1ccc(C2(CN)CC(C)(C)C2)cc1. The predicted octanol–water partition coefficient (Wildman–Crippen LogP) is 3.10. The first-order valence-corrected chi connectivity index (χ1v) is 6.45. The highest BCUT2D eigenvalue weighted by molar-refractivity contribution is 5.35. The molecule has 2 rings (SSSR count). The fraction of sp³-hybridized carbons (Fsp3) is 0.600. The van der Waals surface area contributed by atoms with Gasteiger partial charge >= 0.3 is 0 Å². The van der Waals surface area contributed by atoms with E-state index in [0.717, 1.165) is 12.3 Å². The van der Waals surface area contributed by atoms with Gasteiger partial charge in [-0.25, -0.2) is 0 Å². The zero-order valence-electron chi connectivity index (χ0n) is 11.1. The molecule has 1 aliphatic carbocycles. The maximum atomic E-state index is 5.99. The van der Waals surface area contributed by atoms with Gasteiger partial charge in [0.1, 0.15) is 5.75 Å². The van der Waals surface area contributed by atoms with E-state index in [-0.39, 0.29) is 5.41 Å². The van der Waals surface area contributed by atoms with Crippen LogP contribution >= 0.6 is 0 Å². The van der Waals surface area contributed by atoms with Gasteiger partial charge in [0.05, 0.1) is 6.61 Å². The lowest BCUT2D eigenvalue weighted by atomic mass is 9.52. The number of rotatable bonds is 4. The van der Waals surface area contributed by atoms with Crippen molar-refractivity contribution in [3.63, 3.8) is 0 Å². The fourth-order valence-corrected chi connectivity index (χ4v) is 3.32. The highest BCUT2D eigenvalue weighted by Crippen LogP contribution is 2.54. The number of nitrogens with two attached hydrogens (primary N) is 1. The van der Waals surface area contributed by atoms with Crippen molar-refractivity contribution in [1.29, 1.82) is 0 Å². The zero-order valence-corrected chi connectivity index (χ0v) is 11.1. The maximum absolute atomic E-state index is 5.99. The van der Waals surface area contributed by atoms with Gasteiger partial charge in [-0.15, -0.1) is 0 Å². The highest BCUT2D eigenvalue weighted by Gasteiger charge is 2.49. The average Bonchev–Trinajstić information content (AvgIpc) is 2.27. The van der Waals surface area contributed by atoms with Crippen molar-refractivity contribution in [1.82, 2.24) is 0 Å². The van der Waals surface area contributed by atoms with Gasteiger partial charge in [-0.05, 0) is 42.9 Å². The van der Waals surface area contributed by atoms with Gasteiger partial charge in [0.15, 0.2) is 0 Å². The molecule has 0 atom stereocenters. The van der Waals surface area contributed by atoms with Crippen LogP contribution in [0.2, 0.25) is 0 Å². The molecule has 0 saturated heterocycles. The minimum atomic E-state index is 0.203. The Hall–Kier alpha value is -1.02. The van der Waals surface area contributed by atoms with Gasteiger partial charge in [0.25, 0.3) is 0 Å². The first-order valence-electron chi connectivity index (χ1n) is 6.45. The number of benzene rings is 1. The minimum absolute atomic E-state index is 0.203. The van der Waals surface area contributed by atoms with Gasteiger partial charge in [0.2, 0.25) is 0 Å². The summed E-state index contributed by atoms with van der Waals surface area (Å²) in [5.41, 5.74) is 8.00. The van der Waals surface area contributed by atoms with Crippen molar-refractivity contribution in [2.24, 2.45) is 11.1 Å². The third kappa shape index (κ3) is 2.32. The molecule has 0 aromatic heterocycles. The molecular formula is C15H23NO. The number of hydrogen-bond donors (Lipinski definition) is 1. The summed E-state index contributed by atoms with van der Waals surface area (Å²) in [6.07, 6.45) is 2.37. The zero-order chi connectivity index (χ0) is 12.5. The molecule has 1 fully saturated rings. The summed E-state index contributed by atoms with van der Waals surface area (Å²) in [7, 11) is 0. The van der Waals surface area contributed by atoms with Crippen LogP contribution in [0.5, 0.6) is 5.75 Å². The minimum Gasteiger partial charge on any atom is -0.494 e. The molecule has 1 aliphatic rings. The van der Waals surface area contributed by atoms with Gasteiger partial charge < -0.3 is 10.5 Å². The molecule has 2 N–H and O–H groups in total. The van der Waals surface area contributed by atoms with E-state index < -0.39 is 0 Å². The van der Waals surface area contributed by atoms with Crippen LogP contribution in [0.3, 0.4) is 0 Å². The molecule has 1 aromatic rings. The number of ether oxygens (including phenoxy) is 1. The van der Waals surface area contributed by atoms with E-state index in [1.807, 2.05) is 6.92 Å². The lowest BCUT2D eigenvalue weighted by Crippen LogP contribution is -2.51. The summed E-state index contributed by atoms with van der Waals surface area (Å²) in [4.78, 5) is 0. The standard InChI is InChI=1S/C15H23NO/c1-4-17-13-7-5-12(6-8-13)15(11-16)9-14(2,3)10-15/h5-8H,4,9-11,16H2,1-3H3. The van der Waals surface area contributed by atoms with Crippen LogP contribution in [0.4, 0.5) is 0 Å². The van der Waals surface area contributed by atoms with Crippen molar-refractivity contribution in [2.45, 2.75) is 39.0 Å². The average molecular weight is 233 g/mol. The van der Waals surface area contributed by atoms with E-state index in [0.29, 0.717) is 12.0 Å². The van der Waals surface area contributed by atoms with E-state index in [4.69, 9.17) is 10.5 Å². The molecule has 0 unspecified atom stereocenters. The second-order valence-electron chi connectivity index (χ2n) is 5.96. The van der Waals surface area contributed by atoms with Gasteiger partial charge in [-0.1, -0.05) is 26.0 Å². The quantitative estimate of drug-likeness (QED) is 0.867. The van der Waals surface area contributed by atoms with Gasteiger partial charge in [0, 0.05) is 12.0 Å². The lowest BCUT2D eigenvalue weighted by molar-refractivity contribution is 0.0634. The van der Waals surface area contributed by atoms with Crippen molar-refractivity contribution in [2.75, 3.05) is 13.2 Å². The molecule has 2 heteroatoms. The summed E-state index contributed by atoms with van der Waals surface area (Å²) in [5.74, 6) is 0.946. The molecule has 0 bridgehead atoms. The smallest absolute Gasteiger partial charge is 0.119 e. The lowest BCUT2D eigenvalue weighted by Gasteiger charge is -2.53. The third-order valence-electron chi connectivity index (χ3n) is 3.80. The van der Waals surface area contributed by atoms with E-state index in [9.17, 15) is 0 Å². The monoisotopic (exact) mass is 233 g/mol. The molecule has 94 valence electrons. The van der Waals surface area contributed by atoms with Crippen LogP contribution in [0, 0.1) is 5.41 Å². The molecule has 17 heavy (non-hydrogen) atoms. The maximum Gasteiger partial charge on any atom is 0.119 e. The van der Waals surface area contributed by atoms with Crippen LogP contribution in [-0.4, -0.2) is 13.2 Å². The highest BCUT2D eigenvalue weighted by atomic mass is 16.5. The molecule has 0 aliphatic heterocycles. The Balaban J connectivity index is 2.16. The topological polar surface area (TPSA) is 35.2 Å². The van der Waals surface area contributed by atoms with Crippen LogP contribution in [0.1, 0.15) is 39.2 Å². The van der Waals surface area contributed by atoms with E-state index in [1.165, 1.54) is 18.4 Å².